The zero-order valence-electron chi connectivity index (χ0n) is 7.80. The number of nitrogens with zero attached hydrogens (tertiary/aromatic N) is 1. The molecule has 4 heteroatoms. The van der Waals surface area contributed by atoms with Crippen LogP contribution in [0.4, 0.5) is 4.79 Å². The number of carbonyl (C=O) groups is 2. The van der Waals surface area contributed by atoms with Gasteiger partial charge in [0.2, 0.25) is 0 Å². The smallest absolute Gasteiger partial charge is 0.323 e. The minimum absolute atomic E-state index is 0.00838. The molecule has 1 aliphatic carbocycles. The molecule has 72 valence electrons. The molecular weight excluding hydrogens is 168 g/mol. The molecule has 0 unspecified atom stereocenters. The molecule has 0 aromatic rings. The summed E-state index contributed by atoms with van der Waals surface area (Å²) in [6, 6.07) is -0.198. The second kappa shape index (κ2) is 2.72. The van der Waals surface area contributed by atoms with E-state index >= 15 is 0 Å². The highest BCUT2D eigenvalue weighted by molar-refractivity contribution is 6.08. The molecule has 3 amide bonds. The Hall–Kier alpha value is -1.06. The topological polar surface area (TPSA) is 49.4 Å². The van der Waals surface area contributed by atoms with Gasteiger partial charge in [-0.1, -0.05) is 13.3 Å². The van der Waals surface area contributed by atoms with Crippen molar-refractivity contribution < 1.29 is 9.59 Å². The number of nitrogens with one attached hydrogen (secondary N) is 1. The first-order valence-electron chi connectivity index (χ1n) is 4.84. The summed E-state index contributed by atoms with van der Waals surface area (Å²) in [4.78, 5) is 24.3. The van der Waals surface area contributed by atoms with Gasteiger partial charge in [-0.3, -0.25) is 9.69 Å². The number of hydrogen-bond donors (Lipinski definition) is 1. The van der Waals surface area contributed by atoms with Crippen LogP contribution < -0.4 is 5.32 Å². The summed E-state index contributed by atoms with van der Waals surface area (Å²) in [6.07, 6.45) is 3.54. The average Bonchev–Trinajstić information content (AvgIpc) is 2.81. The van der Waals surface area contributed by atoms with E-state index < -0.39 is 5.54 Å². The monoisotopic (exact) mass is 182 g/mol. The first kappa shape index (κ1) is 8.53. The first-order valence-corrected chi connectivity index (χ1v) is 4.84. The van der Waals surface area contributed by atoms with Gasteiger partial charge >= 0.3 is 6.03 Å². The van der Waals surface area contributed by atoms with E-state index in [0.717, 1.165) is 25.7 Å². The zero-order valence-corrected chi connectivity index (χ0v) is 7.80. The highest BCUT2D eigenvalue weighted by atomic mass is 16.2. The molecule has 0 atom stereocenters. The predicted molar refractivity (Wildman–Crippen MR) is 47.1 cm³/mol. The molecule has 2 aliphatic rings. The van der Waals surface area contributed by atoms with Crippen molar-refractivity contribution in [3.63, 3.8) is 0 Å². The number of unbranched alkanes of at least 4 members (excludes halogenated alkanes) is 1. The lowest BCUT2D eigenvalue weighted by Crippen LogP contribution is -2.33. The second-order valence-electron chi connectivity index (χ2n) is 3.82. The van der Waals surface area contributed by atoms with Crippen molar-refractivity contribution in [2.75, 3.05) is 6.54 Å². The van der Waals surface area contributed by atoms with Crippen LogP contribution in [0.25, 0.3) is 0 Å². The third-order valence-electron chi connectivity index (χ3n) is 2.73. The van der Waals surface area contributed by atoms with E-state index in [9.17, 15) is 9.59 Å². The summed E-state index contributed by atoms with van der Waals surface area (Å²) in [5.74, 6) is -0.00838. The van der Waals surface area contributed by atoms with Gasteiger partial charge in [-0.05, 0) is 19.3 Å². The van der Waals surface area contributed by atoms with Crippen LogP contribution in [0.2, 0.25) is 0 Å². The zero-order chi connectivity index (χ0) is 9.47. The van der Waals surface area contributed by atoms with Crippen LogP contribution in [0.1, 0.15) is 32.6 Å². The molecular formula is C9H14N2O2. The molecule has 1 saturated heterocycles. The largest absolute Gasteiger partial charge is 0.325 e. The van der Waals surface area contributed by atoms with Crippen LogP contribution in [-0.2, 0) is 4.79 Å². The van der Waals surface area contributed by atoms with Gasteiger partial charge in [-0.15, -0.1) is 0 Å². The van der Waals surface area contributed by atoms with Crippen LogP contribution in [0.15, 0.2) is 0 Å². The molecule has 1 aliphatic heterocycles. The number of amides is 3. The van der Waals surface area contributed by atoms with Crippen molar-refractivity contribution in [1.29, 1.82) is 0 Å². The lowest BCUT2D eigenvalue weighted by Gasteiger charge is -2.11. The molecule has 1 spiro atoms. The lowest BCUT2D eigenvalue weighted by molar-refractivity contribution is -0.128. The summed E-state index contributed by atoms with van der Waals surface area (Å²) in [7, 11) is 0. The van der Waals surface area contributed by atoms with Crippen molar-refractivity contribution >= 4 is 11.9 Å². The fraction of sp³-hybridized carbons (Fsp3) is 0.778. The van der Waals surface area contributed by atoms with Crippen LogP contribution in [0.5, 0.6) is 0 Å². The van der Waals surface area contributed by atoms with Gasteiger partial charge in [-0.25, -0.2) is 4.79 Å². The quantitative estimate of drug-likeness (QED) is 0.658. The summed E-state index contributed by atoms with van der Waals surface area (Å²) in [5.41, 5.74) is -0.467. The molecule has 0 radical (unpaired) electrons. The summed E-state index contributed by atoms with van der Waals surface area (Å²) < 4.78 is 0. The van der Waals surface area contributed by atoms with Gasteiger partial charge in [0.1, 0.15) is 5.54 Å². The minimum atomic E-state index is -0.467. The Balaban J connectivity index is 2.03. The third kappa shape index (κ3) is 1.20. The molecule has 2 rings (SSSR count). The fourth-order valence-electron chi connectivity index (χ4n) is 1.66. The Morgan fingerprint density at radius 1 is 1.46 bits per heavy atom. The third-order valence-corrected chi connectivity index (χ3v) is 2.73. The van der Waals surface area contributed by atoms with Crippen molar-refractivity contribution in [1.82, 2.24) is 10.2 Å². The van der Waals surface area contributed by atoms with Gasteiger partial charge < -0.3 is 5.32 Å². The first-order chi connectivity index (χ1) is 6.19. The number of rotatable bonds is 3. The molecule has 1 saturated carbocycles. The van der Waals surface area contributed by atoms with Crippen LogP contribution >= 0.6 is 0 Å². The van der Waals surface area contributed by atoms with Crippen LogP contribution in [-0.4, -0.2) is 28.9 Å². The number of imide groups is 1. The van der Waals surface area contributed by atoms with Crippen molar-refractivity contribution in [3.05, 3.63) is 0 Å². The standard InChI is InChI=1S/C9H14N2O2/c1-2-3-6-11-7(12)9(4-5-9)10-8(11)13/h2-6H2,1H3,(H,10,13). The highest BCUT2D eigenvalue weighted by Gasteiger charge is 2.59. The van der Waals surface area contributed by atoms with Gasteiger partial charge in [0, 0.05) is 6.54 Å². The summed E-state index contributed by atoms with van der Waals surface area (Å²) in [5, 5.41) is 2.75. The maximum absolute atomic E-state index is 11.6. The van der Waals surface area contributed by atoms with E-state index in [1.165, 1.54) is 4.90 Å². The van der Waals surface area contributed by atoms with E-state index in [2.05, 4.69) is 5.32 Å². The molecule has 0 aromatic heterocycles. The number of carbonyl (C=O) groups excluding carboxylic acids is 2. The van der Waals surface area contributed by atoms with E-state index in [1.54, 1.807) is 0 Å². The van der Waals surface area contributed by atoms with E-state index in [-0.39, 0.29) is 11.9 Å². The maximum Gasteiger partial charge on any atom is 0.325 e. The van der Waals surface area contributed by atoms with Crippen LogP contribution in [0.3, 0.4) is 0 Å². The highest BCUT2D eigenvalue weighted by Crippen LogP contribution is 2.40. The van der Waals surface area contributed by atoms with Crippen molar-refractivity contribution in [3.8, 4) is 0 Å². The normalized spacial score (nSPS) is 23.9. The Labute approximate surface area is 77.3 Å². The minimum Gasteiger partial charge on any atom is -0.323 e. The number of hydrogen-bond acceptors (Lipinski definition) is 2. The molecule has 4 nitrogen and oxygen atoms in total. The Morgan fingerprint density at radius 2 is 2.15 bits per heavy atom. The van der Waals surface area contributed by atoms with Gasteiger partial charge in [0.25, 0.3) is 5.91 Å². The fourth-order valence-corrected chi connectivity index (χ4v) is 1.66. The molecule has 2 fully saturated rings. The lowest BCUT2D eigenvalue weighted by atomic mass is 10.2. The summed E-state index contributed by atoms with van der Waals surface area (Å²) in [6.45, 7) is 2.62. The average molecular weight is 182 g/mol. The summed E-state index contributed by atoms with van der Waals surface area (Å²) >= 11 is 0. The van der Waals surface area contributed by atoms with Crippen LogP contribution in [0, 0.1) is 0 Å². The molecule has 13 heavy (non-hydrogen) atoms. The van der Waals surface area contributed by atoms with Gasteiger partial charge in [0.15, 0.2) is 0 Å². The molecule has 0 bridgehead atoms. The SMILES string of the molecule is CCCCN1C(=O)NC2(CC2)C1=O. The predicted octanol–water partition coefficient (Wildman–Crippen LogP) is 0.871. The number of urea groups is 1. The molecule has 1 N–H and O–H groups in total. The van der Waals surface area contributed by atoms with Crippen molar-refractivity contribution in [2.45, 2.75) is 38.1 Å². The van der Waals surface area contributed by atoms with E-state index in [1.807, 2.05) is 6.92 Å². The van der Waals surface area contributed by atoms with Gasteiger partial charge in [-0.2, -0.15) is 0 Å². The second-order valence-corrected chi connectivity index (χ2v) is 3.82. The Morgan fingerprint density at radius 3 is 2.62 bits per heavy atom. The van der Waals surface area contributed by atoms with E-state index in [4.69, 9.17) is 0 Å². The Kier molecular flexibility index (Phi) is 1.78. The maximum atomic E-state index is 11.6. The molecule has 1 heterocycles. The van der Waals surface area contributed by atoms with Crippen molar-refractivity contribution in [2.24, 2.45) is 0 Å². The Bertz CT molecular complexity index is 258. The van der Waals surface area contributed by atoms with E-state index in [0.29, 0.717) is 6.54 Å². The molecule has 0 aromatic carbocycles. The van der Waals surface area contributed by atoms with Gasteiger partial charge in [0.05, 0.1) is 0 Å².